The van der Waals surface area contributed by atoms with E-state index in [1.54, 1.807) is 0 Å². The topological polar surface area (TPSA) is 34.4 Å². The van der Waals surface area contributed by atoms with Crippen LogP contribution >= 0.6 is 0 Å². The number of aryl methyl sites for hydroxylation is 1. The molecule has 116 valence electrons. The summed E-state index contributed by atoms with van der Waals surface area (Å²) in [6, 6.07) is 1.89. The molecule has 20 heavy (non-hydrogen) atoms. The molecule has 1 N–H and O–H groups in total. The first-order chi connectivity index (χ1) is 9.42. The standard InChI is InChI=1S/C14H22F3NO2/c1-3-6-18-9-13-8-12(11(2)20-13)10-19-7-4-5-14(15,16)17/h8,18H,3-7,9-10H2,1-2H3. The summed E-state index contributed by atoms with van der Waals surface area (Å²) in [6.45, 7) is 5.89. The highest BCUT2D eigenvalue weighted by molar-refractivity contribution is 5.19. The molecule has 0 saturated carbocycles. The fraction of sp³-hybridized carbons (Fsp3) is 0.714. The molecular weight excluding hydrogens is 271 g/mol. The fourth-order valence-corrected chi connectivity index (χ4v) is 1.76. The second-order valence-corrected chi connectivity index (χ2v) is 4.74. The Morgan fingerprint density at radius 2 is 2.10 bits per heavy atom. The van der Waals surface area contributed by atoms with Crippen LogP contribution in [-0.4, -0.2) is 19.3 Å². The number of hydrogen-bond acceptors (Lipinski definition) is 3. The molecule has 0 aliphatic rings. The van der Waals surface area contributed by atoms with Crippen molar-refractivity contribution in [2.75, 3.05) is 13.2 Å². The van der Waals surface area contributed by atoms with Gasteiger partial charge in [0.05, 0.1) is 13.2 Å². The molecular formula is C14H22F3NO2. The van der Waals surface area contributed by atoms with Gasteiger partial charge in [0.25, 0.3) is 0 Å². The summed E-state index contributed by atoms with van der Waals surface area (Å²) >= 11 is 0. The summed E-state index contributed by atoms with van der Waals surface area (Å²) < 4.78 is 46.6. The third kappa shape index (κ3) is 6.96. The quantitative estimate of drug-likeness (QED) is 0.700. The van der Waals surface area contributed by atoms with Gasteiger partial charge >= 0.3 is 6.18 Å². The van der Waals surface area contributed by atoms with E-state index in [-0.39, 0.29) is 13.0 Å². The van der Waals surface area contributed by atoms with Gasteiger partial charge in [0.2, 0.25) is 0 Å². The second-order valence-electron chi connectivity index (χ2n) is 4.74. The van der Waals surface area contributed by atoms with Gasteiger partial charge in [0, 0.05) is 18.6 Å². The Balaban J connectivity index is 2.26. The molecule has 0 saturated heterocycles. The van der Waals surface area contributed by atoms with Crippen molar-refractivity contribution in [3.05, 3.63) is 23.2 Å². The van der Waals surface area contributed by atoms with Crippen LogP contribution in [-0.2, 0) is 17.9 Å². The van der Waals surface area contributed by atoms with E-state index < -0.39 is 12.6 Å². The fourth-order valence-electron chi connectivity index (χ4n) is 1.76. The maximum Gasteiger partial charge on any atom is 0.389 e. The summed E-state index contributed by atoms with van der Waals surface area (Å²) in [5.74, 6) is 1.58. The number of furan rings is 1. The molecule has 0 aromatic carbocycles. The van der Waals surface area contributed by atoms with Gasteiger partial charge < -0.3 is 14.5 Å². The minimum absolute atomic E-state index is 0.00862. The van der Waals surface area contributed by atoms with E-state index in [0.29, 0.717) is 13.2 Å². The van der Waals surface area contributed by atoms with E-state index in [1.165, 1.54) is 0 Å². The smallest absolute Gasteiger partial charge is 0.389 e. The Labute approximate surface area is 117 Å². The normalized spacial score (nSPS) is 12.1. The molecule has 0 amide bonds. The number of rotatable bonds is 9. The molecule has 0 bridgehead atoms. The highest BCUT2D eigenvalue weighted by atomic mass is 19.4. The Morgan fingerprint density at radius 3 is 2.75 bits per heavy atom. The maximum absolute atomic E-state index is 11.9. The first-order valence-electron chi connectivity index (χ1n) is 6.85. The van der Waals surface area contributed by atoms with Gasteiger partial charge in [-0.05, 0) is 32.4 Å². The Hall–Kier alpha value is -1.01. The predicted octanol–water partition coefficient (Wildman–Crippen LogP) is 3.95. The Bertz CT molecular complexity index is 388. The van der Waals surface area contributed by atoms with Crippen LogP contribution in [0.15, 0.2) is 10.5 Å². The molecule has 1 aromatic heterocycles. The van der Waals surface area contributed by atoms with Gasteiger partial charge in [-0.15, -0.1) is 0 Å². The summed E-state index contributed by atoms with van der Waals surface area (Å²) in [5, 5.41) is 3.23. The zero-order valence-electron chi connectivity index (χ0n) is 12.0. The average molecular weight is 293 g/mol. The van der Waals surface area contributed by atoms with Crippen molar-refractivity contribution < 1.29 is 22.3 Å². The van der Waals surface area contributed by atoms with Crippen LogP contribution in [0, 0.1) is 6.92 Å². The molecule has 6 heteroatoms. The number of nitrogens with one attached hydrogen (secondary N) is 1. The van der Waals surface area contributed by atoms with Crippen LogP contribution in [0.4, 0.5) is 13.2 Å². The van der Waals surface area contributed by atoms with Crippen LogP contribution in [0.3, 0.4) is 0 Å². The average Bonchev–Trinajstić information content (AvgIpc) is 2.69. The number of hydrogen-bond donors (Lipinski definition) is 1. The molecule has 1 rings (SSSR count). The maximum atomic E-state index is 11.9. The summed E-state index contributed by atoms with van der Waals surface area (Å²) in [5.41, 5.74) is 0.894. The highest BCUT2D eigenvalue weighted by Crippen LogP contribution is 2.21. The summed E-state index contributed by atoms with van der Waals surface area (Å²) in [7, 11) is 0. The molecule has 1 heterocycles. The molecule has 0 spiro atoms. The highest BCUT2D eigenvalue weighted by Gasteiger charge is 2.25. The summed E-state index contributed by atoms with van der Waals surface area (Å²) in [4.78, 5) is 0. The van der Waals surface area contributed by atoms with Gasteiger partial charge in [-0.1, -0.05) is 6.92 Å². The van der Waals surface area contributed by atoms with E-state index in [9.17, 15) is 13.2 Å². The molecule has 0 fully saturated rings. The first-order valence-corrected chi connectivity index (χ1v) is 6.85. The van der Waals surface area contributed by atoms with Crippen LogP contribution in [0.2, 0.25) is 0 Å². The molecule has 0 aliphatic heterocycles. The van der Waals surface area contributed by atoms with Crippen molar-refractivity contribution in [3.63, 3.8) is 0 Å². The zero-order chi connectivity index (χ0) is 15.0. The van der Waals surface area contributed by atoms with Gasteiger partial charge in [0.15, 0.2) is 0 Å². The molecule has 0 radical (unpaired) electrons. The van der Waals surface area contributed by atoms with E-state index >= 15 is 0 Å². The van der Waals surface area contributed by atoms with Crippen molar-refractivity contribution >= 4 is 0 Å². The lowest BCUT2D eigenvalue weighted by atomic mass is 10.2. The second kappa shape index (κ2) is 8.32. The van der Waals surface area contributed by atoms with Crippen LogP contribution in [0.25, 0.3) is 0 Å². The minimum Gasteiger partial charge on any atom is -0.465 e. The number of ether oxygens (including phenoxy) is 1. The Morgan fingerprint density at radius 1 is 1.35 bits per heavy atom. The molecule has 0 atom stereocenters. The first kappa shape index (κ1) is 17.0. The molecule has 3 nitrogen and oxygen atoms in total. The van der Waals surface area contributed by atoms with E-state index in [2.05, 4.69) is 12.2 Å². The number of alkyl halides is 3. The third-order valence-electron chi connectivity index (χ3n) is 2.80. The lowest BCUT2D eigenvalue weighted by Crippen LogP contribution is -2.13. The van der Waals surface area contributed by atoms with Crippen LogP contribution in [0.5, 0.6) is 0 Å². The lowest BCUT2D eigenvalue weighted by molar-refractivity contribution is -0.138. The van der Waals surface area contributed by atoms with Crippen molar-refractivity contribution in [1.29, 1.82) is 0 Å². The molecule has 1 aromatic rings. The van der Waals surface area contributed by atoms with Crippen molar-refractivity contribution in [2.45, 2.75) is 52.4 Å². The largest absolute Gasteiger partial charge is 0.465 e. The molecule has 0 aliphatic carbocycles. The monoisotopic (exact) mass is 293 g/mol. The van der Waals surface area contributed by atoms with Crippen molar-refractivity contribution in [2.24, 2.45) is 0 Å². The van der Waals surface area contributed by atoms with Crippen LogP contribution < -0.4 is 5.32 Å². The third-order valence-corrected chi connectivity index (χ3v) is 2.80. The van der Waals surface area contributed by atoms with Crippen molar-refractivity contribution in [1.82, 2.24) is 5.32 Å². The molecule has 0 unspecified atom stereocenters. The number of halogens is 3. The van der Waals surface area contributed by atoms with E-state index in [0.717, 1.165) is 30.0 Å². The lowest BCUT2D eigenvalue weighted by Gasteiger charge is -2.06. The zero-order valence-corrected chi connectivity index (χ0v) is 12.0. The predicted molar refractivity (Wildman–Crippen MR) is 70.4 cm³/mol. The van der Waals surface area contributed by atoms with E-state index in [1.807, 2.05) is 13.0 Å². The summed E-state index contributed by atoms with van der Waals surface area (Å²) in [6.07, 6.45) is -3.86. The van der Waals surface area contributed by atoms with Crippen molar-refractivity contribution in [3.8, 4) is 0 Å². The Kier molecular flexibility index (Phi) is 7.09. The van der Waals surface area contributed by atoms with Gasteiger partial charge in [-0.3, -0.25) is 0 Å². The van der Waals surface area contributed by atoms with Gasteiger partial charge in [-0.25, -0.2) is 0 Å². The van der Waals surface area contributed by atoms with E-state index in [4.69, 9.17) is 9.15 Å². The van der Waals surface area contributed by atoms with Gasteiger partial charge in [-0.2, -0.15) is 13.2 Å². The SMILES string of the molecule is CCCNCc1cc(COCCCC(F)(F)F)c(C)o1. The minimum atomic E-state index is -4.10. The van der Waals surface area contributed by atoms with Gasteiger partial charge in [0.1, 0.15) is 11.5 Å². The van der Waals surface area contributed by atoms with Crippen LogP contribution in [0.1, 0.15) is 43.3 Å².